The lowest BCUT2D eigenvalue weighted by molar-refractivity contribution is 0.448. The van der Waals surface area contributed by atoms with Crippen molar-refractivity contribution in [2.45, 2.75) is 19.5 Å². The van der Waals surface area contributed by atoms with Crippen LogP contribution in [0.1, 0.15) is 23.6 Å². The SMILES string of the molecule is CC(NCc1cc(Br)c(Br)o1)c1cccs1. The van der Waals surface area contributed by atoms with Crippen LogP contribution >= 0.6 is 43.2 Å². The van der Waals surface area contributed by atoms with Crippen LogP contribution in [-0.4, -0.2) is 0 Å². The third-order valence-electron chi connectivity index (χ3n) is 2.25. The molecule has 2 nitrogen and oxygen atoms in total. The number of thiophene rings is 1. The van der Waals surface area contributed by atoms with Gasteiger partial charge in [-0.3, -0.25) is 0 Å². The molecule has 0 radical (unpaired) electrons. The Morgan fingerprint density at radius 1 is 1.50 bits per heavy atom. The molecule has 0 aliphatic heterocycles. The van der Waals surface area contributed by atoms with Gasteiger partial charge in [-0.1, -0.05) is 6.07 Å². The summed E-state index contributed by atoms with van der Waals surface area (Å²) in [5.41, 5.74) is 0. The van der Waals surface area contributed by atoms with Gasteiger partial charge in [0.15, 0.2) is 4.67 Å². The molecule has 16 heavy (non-hydrogen) atoms. The van der Waals surface area contributed by atoms with Crippen LogP contribution in [-0.2, 0) is 6.54 Å². The lowest BCUT2D eigenvalue weighted by Crippen LogP contribution is -2.16. The van der Waals surface area contributed by atoms with Crippen LogP contribution in [0.25, 0.3) is 0 Å². The van der Waals surface area contributed by atoms with E-state index >= 15 is 0 Å². The first-order chi connectivity index (χ1) is 7.66. The molecule has 2 aromatic heterocycles. The molecule has 0 aromatic carbocycles. The lowest BCUT2D eigenvalue weighted by atomic mass is 10.2. The van der Waals surface area contributed by atoms with E-state index in [4.69, 9.17) is 4.42 Å². The molecule has 86 valence electrons. The van der Waals surface area contributed by atoms with Crippen molar-refractivity contribution in [3.8, 4) is 0 Å². The second kappa shape index (κ2) is 5.49. The summed E-state index contributed by atoms with van der Waals surface area (Å²) >= 11 is 8.48. The third kappa shape index (κ3) is 2.97. The minimum atomic E-state index is 0.350. The van der Waals surface area contributed by atoms with Crippen molar-refractivity contribution in [2.75, 3.05) is 0 Å². The number of rotatable bonds is 4. The van der Waals surface area contributed by atoms with Gasteiger partial charge in [-0.2, -0.15) is 0 Å². The van der Waals surface area contributed by atoms with Crippen LogP contribution in [0.2, 0.25) is 0 Å². The summed E-state index contributed by atoms with van der Waals surface area (Å²) in [5.74, 6) is 0.919. The molecule has 1 unspecified atom stereocenters. The summed E-state index contributed by atoms with van der Waals surface area (Å²) in [6.07, 6.45) is 0. The van der Waals surface area contributed by atoms with Crippen molar-refractivity contribution in [1.29, 1.82) is 0 Å². The van der Waals surface area contributed by atoms with Crippen LogP contribution in [0.5, 0.6) is 0 Å². The second-order valence-corrected chi connectivity index (χ2v) is 6.01. The van der Waals surface area contributed by atoms with Gasteiger partial charge in [0.05, 0.1) is 11.0 Å². The predicted octanol–water partition coefficient (Wildman–Crippen LogP) is 4.72. The van der Waals surface area contributed by atoms with Gasteiger partial charge in [0.2, 0.25) is 0 Å². The zero-order valence-electron chi connectivity index (χ0n) is 8.67. The molecule has 1 atom stereocenters. The lowest BCUT2D eigenvalue weighted by Gasteiger charge is -2.10. The highest BCUT2D eigenvalue weighted by Crippen LogP contribution is 2.27. The molecule has 2 rings (SSSR count). The minimum Gasteiger partial charge on any atom is -0.452 e. The number of hydrogen-bond donors (Lipinski definition) is 1. The highest BCUT2D eigenvalue weighted by molar-refractivity contribution is 9.13. The Balaban J connectivity index is 1.92. The van der Waals surface area contributed by atoms with E-state index in [1.54, 1.807) is 11.3 Å². The van der Waals surface area contributed by atoms with Gasteiger partial charge < -0.3 is 9.73 Å². The summed E-state index contributed by atoms with van der Waals surface area (Å²) in [5, 5.41) is 5.51. The normalized spacial score (nSPS) is 12.9. The van der Waals surface area contributed by atoms with Crippen molar-refractivity contribution in [3.63, 3.8) is 0 Å². The molecule has 2 aromatic rings. The first-order valence-corrected chi connectivity index (χ1v) is 7.34. The van der Waals surface area contributed by atoms with Crippen molar-refractivity contribution >= 4 is 43.2 Å². The Bertz CT molecular complexity index is 433. The van der Waals surface area contributed by atoms with E-state index < -0.39 is 0 Å². The summed E-state index contributed by atoms with van der Waals surface area (Å²) in [6.45, 7) is 2.88. The Morgan fingerprint density at radius 2 is 2.31 bits per heavy atom. The maximum Gasteiger partial charge on any atom is 0.183 e. The topological polar surface area (TPSA) is 25.2 Å². The van der Waals surface area contributed by atoms with Gasteiger partial charge in [0.25, 0.3) is 0 Å². The van der Waals surface area contributed by atoms with E-state index in [-0.39, 0.29) is 0 Å². The van der Waals surface area contributed by atoms with E-state index in [0.717, 1.165) is 21.4 Å². The Kier molecular flexibility index (Phi) is 4.24. The van der Waals surface area contributed by atoms with Crippen LogP contribution in [0, 0.1) is 0 Å². The van der Waals surface area contributed by atoms with Crippen LogP contribution in [0.4, 0.5) is 0 Å². The molecular weight excluding hydrogens is 354 g/mol. The second-order valence-electron chi connectivity index (χ2n) is 3.45. The first-order valence-electron chi connectivity index (χ1n) is 4.87. The van der Waals surface area contributed by atoms with Crippen LogP contribution < -0.4 is 5.32 Å². The maximum absolute atomic E-state index is 5.49. The Hall–Kier alpha value is -0.100. The largest absolute Gasteiger partial charge is 0.452 e. The molecular formula is C11H11Br2NOS. The van der Waals surface area contributed by atoms with Gasteiger partial charge in [-0.05, 0) is 56.3 Å². The van der Waals surface area contributed by atoms with Gasteiger partial charge in [-0.25, -0.2) is 0 Å². The molecule has 2 heterocycles. The Labute approximate surface area is 115 Å². The van der Waals surface area contributed by atoms with Crippen molar-refractivity contribution in [3.05, 3.63) is 43.4 Å². The monoisotopic (exact) mass is 363 g/mol. The number of hydrogen-bond acceptors (Lipinski definition) is 3. The molecule has 1 N–H and O–H groups in total. The molecule has 0 spiro atoms. The van der Waals surface area contributed by atoms with E-state index in [1.165, 1.54) is 4.88 Å². The molecule has 0 aliphatic carbocycles. The molecule has 0 fully saturated rings. The molecule has 0 saturated heterocycles. The number of nitrogens with one attached hydrogen (secondary N) is 1. The average Bonchev–Trinajstić information content (AvgIpc) is 2.86. The molecule has 5 heteroatoms. The highest BCUT2D eigenvalue weighted by Gasteiger charge is 2.09. The number of furan rings is 1. The van der Waals surface area contributed by atoms with Crippen LogP contribution in [0.3, 0.4) is 0 Å². The quantitative estimate of drug-likeness (QED) is 0.849. The van der Waals surface area contributed by atoms with Crippen LogP contribution in [0.15, 0.2) is 37.1 Å². The molecule has 0 aliphatic rings. The fourth-order valence-corrected chi connectivity index (χ4v) is 2.79. The molecule has 0 bridgehead atoms. The van der Waals surface area contributed by atoms with Gasteiger partial charge in [0, 0.05) is 10.9 Å². The number of halogens is 2. The fraction of sp³-hybridized carbons (Fsp3) is 0.273. The van der Waals surface area contributed by atoms with E-state index in [1.807, 2.05) is 6.07 Å². The van der Waals surface area contributed by atoms with E-state index in [0.29, 0.717) is 6.04 Å². The van der Waals surface area contributed by atoms with E-state index in [9.17, 15) is 0 Å². The van der Waals surface area contributed by atoms with Gasteiger partial charge >= 0.3 is 0 Å². The third-order valence-corrected chi connectivity index (χ3v) is 5.01. The highest BCUT2D eigenvalue weighted by atomic mass is 79.9. The average molecular weight is 365 g/mol. The first kappa shape index (κ1) is 12.4. The fourth-order valence-electron chi connectivity index (χ4n) is 1.37. The summed E-state index contributed by atoms with van der Waals surface area (Å²) < 4.78 is 7.19. The minimum absolute atomic E-state index is 0.350. The van der Waals surface area contributed by atoms with Gasteiger partial charge in [-0.15, -0.1) is 11.3 Å². The van der Waals surface area contributed by atoms with Crippen molar-refractivity contribution in [2.24, 2.45) is 0 Å². The van der Waals surface area contributed by atoms with Gasteiger partial charge in [0.1, 0.15) is 5.76 Å². The smallest absolute Gasteiger partial charge is 0.183 e. The maximum atomic E-state index is 5.49. The zero-order chi connectivity index (χ0) is 11.5. The van der Waals surface area contributed by atoms with E-state index in [2.05, 4.69) is 61.6 Å². The summed E-state index contributed by atoms with van der Waals surface area (Å²) in [6, 6.07) is 6.52. The summed E-state index contributed by atoms with van der Waals surface area (Å²) in [4.78, 5) is 1.34. The summed E-state index contributed by atoms with van der Waals surface area (Å²) in [7, 11) is 0. The van der Waals surface area contributed by atoms with Crippen molar-refractivity contribution in [1.82, 2.24) is 5.32 Å². The molecule has 0 saturated carbocycles. The van der Waals surface area contributed by atoms with Crippen molar-refractivity contribution < 1.29 is 4.42 Å². The zero-order valence-corrected chi connectivity index (χ0v) is 12.7. The molecule has 0 amide bonds. The Morgan fingerprint density at radius 3 is 2.88 bits per heavy atom. The standard InChI is InChI=1S/C11H11Br2NOS/c1-7(10-3-2-4-16-10)14-6-8-5-9(12)11(13)15-8/h2-5,7,14H,6H2,1H3. The predicted molar refractivity (Wildman–Crippen MR) is 73.7 cm³/mol.